The summed E-state index contributed by atoms with van der Waals surface area (Å²) in [4.78, 5) is 0. The van der Waals surface area contributed by atoms with Gasteiger partial charge in [-0.05, 0) is 18.6 Å². The molecule has 0 amide bonds. The van der Waals surface area contributed by atoms with Crippen molar-refractivity contribution in [3.8, 4) is 0 Å². The highest BCUT2D eigenvalue weighted by molar-refractivity contribution is 5.46. The van der Waals surface area contributed by atoms with E-state index in [1.807, 2.05) is 12.3 Å². The first-order valence-electron chi connectivity index (χ1n) is 4.87. The van der Waals surface area contributed by atoms with Gasteiger partial charge in [0.2, 0.25) is 0 Å². The molecule has 1 saturated heterocycles. The van der Waals surface area contributed by atoms with Crippen molar-refractivity contribution in [2.45, 2.75) is 12.8 Å². The summed E-state index contributed by atoms with van der Waals surface area (Å²) in [6, 6.07) is 4.11. The molecule has 3 rings (SSSR count). The lowest BCUT2D eigenvalue weighted by molar-refractivity contribution is 0.427. The lowest BCUT2D eigenvalue weighted by atomic mass is 10.0. The molecular weight excluding hydrogens is 176 g/mol. The molecule has 0 aliphatic carbocycles. The predicted octanol–water partition coefficient (Wildman–Crippen LogP) is 0.725. The normalized spacial score (nSPS) is 17.2. The van der Waals surface area contributed by atoms with Crippen LogP contribution in [0.1, 0.15) is 17.3 Å². The lowest BCUT2D eigenvalue weighted by Crippen LogP contribution is -2.40. The molecule has 14 heavy (non-hydrogen) atoms. The number of pyridine rings is 1. The summed E-state index contributed by atoms with van der Waals surface area (Å²) in [5.41, 5.74) is 2.16. The van der Waals surface area contributed by atoms with Crippen molar-refractivity contribution in [2.24, 2.45) is 0 Å². The highest BCUT2D eigenvalue weighted by Gasteiger charge is 2.24. The second kappa shape index (κ2) is 2.78. The number of rotatable bonds is 1. The maximum Gasteiger partial charge on any atom is 0.163 e. The van der Waals surface area contributed by atoms with Crippen molar-refractivity contribution in [1.82, 2.24) is 19.9 Å². The molecule has 4 heteroatoms. The van der Waals surface area contributed by atoms with Crippen molar-refractivity contribution >= 4 is 5.65 Å². The van der Waals surface area contributed by atoms with Gasteiger partial charge in [0.25, 0.3) is 0 Å². The molecule has 1 aliphatic heterocycles. The molecule has 1 fully saturated rings. The SMILES string of the molecule is Cc1cccn2c(C3CNC3)nnc12. The largest absolute Gasteiger partial charge is 0.315 e. The molecule has 0 aromatic carbocycles. The second-order valence-electron chi connectivity index (χ2n) is 3.80. The van der Waals surface area contributed by atoms with E-state index in [9.17, 15) is 0 Å². The zero-order chi connectivity index (χ0) is 9.54. The van der Waals surface area contributed by atoms with Gasteiger partial charge < -0.3 is 5.32 Å². The van der Waals surface area contributed by atoms with E-state index in [2.05, 4.69) is 32.9 Å². The van der Waals surface area contributed by atoms with Crippen LogP contribution in [0.25, 0.3) is 5.65 Å². The van der Waals surface area contributed by atoms with E-state index < -0.39 is 0 Å². The Labute approximate surface area is 82.0 Å². The molecule has 0 atom stereocenters. The standard InChI is InChI=1S/C10H12N4/c1-7-3-2-4-14-9(7)12-13-10(14)8-5-11-6-8/h2-4,8,11H,5-6H2,1H3. The average Bonchev–Trinajstić information content (AvgIpc) is 2.48. The van der Waals surface area contributed by atoms with Crippen LogP contribution in [-0.2, 0) is 0 Å². The third-order valence-electron chi connectivity index (χ3n) is 2.80. The van der Waals surface area contributed by atoms with Crippen molar-refractivity contribution in [2.75, 3.05) is 13.1 Å². The zero-order valence-electron chi connectivity index (χ0n) is 8.07. The predicted molar refractivity (Wildman–Crippen MR) is 53.3 cm³/mol. The molecule has 2 aromatic rings. The minimum Gasteiger partial charge on any atom is -0.315 e. The lowest BCUT2D eigenvalue weighted by Gasteiger charge is -2.25. The fourth-order valence-electron chi connectivity index (χ4n) is 1.82. The van der Waals surface area contributed by atoms with Gasteiger partial charge in [0.05, 0.1) is 0 Å². The van der Waals surface area contributed by atoms with E-state index in [1.165, 1.54) is 5.56 Å². The molecule has 3 heterocycles. The number of hydrogen-bond acceptors (Lipinski definition) is 3. The van der Waals surface area contributed by atoms with Crippen LogP contribution in [-0.4, -0.2) is 27.7 Å². The molecule has 72 valence electrons. The summed E-state index contributed by atoms with van der Waals surface area (Å²) in [7, 11) is 0. The number of nitrogens with one attached hydrogen (secondary N) is 1. The Hall–Kier alpha value is -1.42. The molecule has 2 aromatic heterocycles. The molecule has 4 nitrogen and oxygen atoms in total. The summed E-state index contributed by atoms with van der Waals surface area (Å²) in [6.07, 6.45) is 2.04. The van der Waals surface area contributed by atoms with Gasteiger partial charge in [0.1, 0.15) is 5.82 Å². The van der Waals surface area contributed by atoms with Crippen LogP contribution in [0, 0.1) is 6.92 Å². The molecule has 0 unspecified atom stereocenters. The third kappa shape index (κ3) is 0.974. The second-order valence-corrected chi connectivity index (χ2v) is 3.80. The Morgan fingerprint density at radius 3 is 3.00 bits per heavy atom. The fraction of sp³-hybridized carbons (Fsp3) is 0.400. The Bertz CT molecular complexity index is 470. The van der Waals surface area contributed by atoms with Crippen molar-refractivity contribution < 1.29 is 0 Å². The molecule has 0 bridgehead atoms. The summed E-state index contributed by atoms with van der Waals surface area (Å²) in [5, 5.41) is 11.7. The number of aromatic nitrogens is 3. The minimum absolute atomic E-state index is 0.534. The minimum atomic E-state index is 0.534. The van der Waals surface area contributed by atoms with E-state index in [-0.39, 0.29) is 0 Å². The van der Waals surface area contributed by atoms with E-state index in [1.54, 1.807) is 0 Å². The first-order chi connectivity index (χ1) is 6.86. The maximum absolute atomic E-state index is 4.25. The maximum atomic E-state index is 4.25. The van der Waals surface area contributed by atoms with Crippen LogP contribution in [0.4, 0.5) is 0 Å². The van der Waals surface area contributed by atoms with Gasteiger partial charge >= 0.3 is 0 Å². The zero-order valence-corrected chi connectivity index (χ0v) is 8.07. The van der Waals surface area contributed by atoms with Gasteiger partial charge in [-0.15, -0.1) is 10.2 Å². The van der Waals surface area contributed by atoms with E-state index in [4.69, 9.17) is 0 Å². The number of aryl methyl sites for hydroxylation is 1. The van der Waals surface area contributed by atoms with Crippen molar-refractivity contribution in [3.05, 3.63) is 29.7 Å². The van der Waals surface area contributed by atoms with Gasteiger partial charge in [-0.3, -0.25) is 4.40 Å². The topological polar surface area (TPSA) is 42.2 Å². The van der Waals surface area contributed by atoms with E-state index in [0.29, 0.717) is 5.92 Å². The Morgan fingerprint density at radius 1 is 1.43 bits per heavy atom. The summed E-state index contributed by atoms with van der Waals surface area (Å²) in [6.45, 7) is 4.11. The van der Waals surface area contributed by atoms with Crippen molar-refractivity contribution in [1.29, 1.82) is 0 Å². The van der Waals surface area contributed by atoms with Crippen LogP contribution in [0.2, 0.25) is 0 Å². The average molecular weight is 188 g/mol. The first-order valence-corrected chi connectivity index (χ1v) is 4.87. The summed E-state index contributed by atoms with van der Waals surface area (Å²) >= 11 is 0. The fourth-order valence-corrected chi connectivity index (χ4v) is 1.82. The van der Waals surface area contributed by atoms with Gasteiger partial charge in [0.15, 0.2) is 5.65 Å². The van der Waals surface area contributed by atoms with Crippen LogP contribution in [0.3, 0.4) is 0 Å². The number of hydrogen-bond donors (Lipinski definition) is 1. The smallest absolute Gasteiger partial charge is 0.163 e. The highest BCUT2D eigenvalue weighted by atomic mass is 15.3. The molecular formula is C10H12N4. The van der Waals surface area contributed by atoms with Crippen LogP contribution in [0.5, 0.6) is 0 Å². The quantitative estimate of drug-likeness (QED) is 0.717. The van der Waals surface area contributed by atoms with Crippen molar-refractivity contribution in [3.63, 3.8) is 0 Å². The number of fused-ring (bicyclic) bond motifs is 1. The monoisotopic (exact) mass is 188 g/mol. The van der Waals surface area contributed by atoms with Gasteiger partial charge in [-0.1, -0.05) is 6.07 Å². The molecule has 1 N–H and O–H groups in total. The number of nitrogens with zero attached hydrogens (tertiary/aromatic N) is 3. The van der Waals surface area contributed by atoms with Crippen LogP contribution in [0.15, 0.2) is 18.3 Å². The summed E-state index contributed by atoms with van der Waals surface area (Å²) in [5.74, 6) is 1.62. The van der Waals surface area contributed by atoms with Gasteiger partial charge in [0, 0.05) is 25.2 Å². The third-order valence-corrected chi connectivity index (χ3v) is 2.80. The first kappa shape index (κ1) is 7.94. The Balaban J connectivity index is 2.20. The molecule has 0 spiro atoms. The Morgan fingerprint density at radius 2 is 2.29 bits per heavy atom. The van der Waals surface area contributed by atoms with Gasteiger partial charge in [-0.25, -0.2) is 0 Å². The van der Waals surface area contributed by atoms with Crippen LogP contribution < -0.4 is 5.32 Å². The molecule has 0 radical (unpaired) electrons. The molecule has 1 aliphatic rings. The van der Waals surface area contributed by atoms with Gasteiger partial charge in [-0.2, -0.15) is 0 Å². The van der Waals surface area contributed by atoms with E-state index >= 15 is 0 Å². The van der Waals surface area contributed by atoms with Crippen LogP contribution >= 0.6 is 0 Å². The Kier molecular flexibility index (Phi) is 1.58. The van der Waals surface area contributed by atoms with E-state index in [0.717, 1.165) is 24.6 Å². The molecule has 0 saturated carbocycles. The summed E-state index contributed by atoms with van der Waals surface area (Å²) < 4.78 is 2.10. The highest BCUT2D eigenvalue weighted by Crippen LogP contribution is 2.19.